The standard InChI is InChI=1S/C19H28N6O2/c1-13-14(2)22-25(15(13)3)9-6-18(27)23-8-4-5-16(11-23)19-21-7-10-24(19)12-17(20)26/h7,10,16H,4-6,8-9,11-12H2,1-3H3,(H2,20,26). The molecule has 146 valence electrons. The lowest BCUT2D eigenvalue weighted by Crippen LogP contribution is -2.40. The van der Waals surface area contributed by atoms with Crippen LogP contribution in [0.5, 0.6) is 0 Å². The van der Waals surface area contributed by atoms with Crippen LogP contribution in [0.1, 0.15) is 48.0 Å². The summed E-state index contributed by atoms with van der Waals surface area (Å²) in [6.45, 7) is 8.19. The van der Waals surface area contributed by atoms with E-state index in [1.807, 2.05) is 23.4 Å². The molecule has 1 unspecified atom stereocenters. The summed E-state index contributed by atoms with van der Waals surface area (Å²) < 4.78 is 3.71. The highest BCUT2D eigenvalue weighted by molar-refractivity contribution is 5.76. The predicted octanol–water partition coefficient (Wildman–Crippen LogP) is 1.29. The maximum absolute atomic E-state index is 12.7. The summed E-state index contributed by atoms with van der Waals surface area (Å²) in [4.78, 5) is 30.3. The number of rotatable bonds is 6. The van der Waals surface area contributed by atoms with Gasteiger partial charge in [0.1, 0.15) is 12.4 Å². The van der Waals surface area contributed by atoms with Crippen molar-refractivity contribution in [2.75, 3.05) is 13.1 Å². The zero-order chi connectivity index (χ0) is 19.6. The lowest BCUT2D eigenvalue weighted by atomic mass is 9.96. The molecule has 2 N–H and O–H groups in total. The summed E-state index contributed by atoms with van der Waals surface area (Å²) in [6.07, 6.45) is 5.77. The number of carbonyl (C=O) groups is 2. The Hall–Kier alpha value is -2.64. The minimum atomic E-state index is -0.391. The third-order valence-corrected chi connectivity index (χ3v) is 5.49. The van der Waals surface area contributed by atoms with E-state index in [4.69, 9.17) is 5.73 Å². The van der Waals surface area contributed by atoms with E-state index in [9.17, 15) is 9.59 Å². The lowest BCUT2D eigenvalue weighted by molar-refractivity contribution is -0.132. The summed E-state index contributed by atoms with van der Waals surface area (Å²) in [5.41, 5.74) is 8.63. The first-order valence-electron chi connectivity index (χ1n) is 9.44. The minimum absolute atomic E-state index is 0.122. The van der Waals surface area contributed by atoms with Gasteiger partial charge >= 0.3 is 0 Å². The molecule has 2 aromatic heterocycles. The van der Waals surface area contributed by atoms with Crippen LogP contribution in [0.3, 0.4) is 0 Å². The number of piperidine rings is 1. The monoisotopic (exact) mass is 372 g/mol. The van der Waals surface area contributed by atoms with Crippen LogP contribution in [0, 0.1) is 20.8 Å². The van der Waals surface area contributed by atoms with Gasteiger partial charge < -0.3 is 15.2 Å². The summed E-state index contributed by atoms with van der Waals surface area (Å²) in [5.74, 6) is 0.713. The Balaban J connectivity index is 1.62. The number of nitrogens with two attached hydrogens (primary N) is 1. The van der Waals surface area contributed by atoms with Gasteiger partial charge in [0.05, 0.1) is 5.69 Å². The largest absolute Gasteiger partial charge is 0.368 e. The molecule has 2 amide bonds. The van der Waals surface area contributed by atoms with Crippen LogP contribution < -0.4 is 5.73 Å². The fourth-order valence-electron chi connectivity index (χ4n) is 3.76. The molecule has 0 saturated carbocycles. The maximum Gasteiger partial charge on any atom is 0.237 e. The number of imidazole rings is 1. The molecule has 0 radical (unpaired) electrons. The SMILES string of the molecule is Cc1nn(CCC(=O)N2CCCC(c3nccn3CC(N)=O)C2)c(C)c1C. The van der Waals surface area contributed by atoms with Gasteiger partial charge in [-0.2, -0.15) is 5.10 Å². The van der Waals surface area contributed by atoms with Crippen molar-refractivity contribution in [1.29, 1.82) is 0 Å². The molecule has 1 saturated heterocycles. The number of aryl methyl sites for hydroxylation is 2. The van der Waals surface area contributed by atoms with Gasteiger partial charge in [0.15, 0.2) is 0 Å². The van der Waals surface area contributed by atoms with Gasteiger partial charge in [-0.1, -0.05) is 0 Å². The minimum Gasteiger partial charge on any atom is -0.368 e. The number of aromatic nitrogens is 4. The molecule has 1 atom stereocenters. The molecule has 2 aromatic rings. The van der Waals surface area contributed by atoms with Crippen LogP contribution in [0.15, 0.2) is 12.4 Å². The second-order valence-electron chi connectivity index (χ2n) is 7.33. The van der Waals surface area contributed by atoms with E-state index < -0.39 is 5.91 Å². The topological polar surface area (TPSA) is 99.0 Å². The zero-order valence-corrected chi connectivity index (χ0v) is 16.3. The number of nitrogens with zero attached hydrogens (tertiary/aromatic N) is 5. The molecule has 8 nitrogen and oxygen atoms in total. The second-order valence-corrected chi connectivity index (χ2v) is 7.33. The van der Waals surface area contributed by atoms with Crippen molar-refractivity contribution in [2.45, 2.75) is 59.0 Å². The first kappa shape index (κ1) is 19.1. The summed E-state index contributed by atoms with van der Waals surface area (Å²) in [5, 5.41) is 4.51. The quantitative estimate of drug-likeness (QED) is 0.826. The van der Waals surface area contributed by atoms with Crippen LogP contribution in [-0.2, 0) is 22.7 Å². The molecular weight excluding hydrogens is 344 g/mol. The summed E-state index contributed by atoms with van der Waals surface area (Å²) >= 11 is 0. The molecule has 8 heteroatoms. The molecule has 0 spiro atoms. The average Bonchev–Trinajstić information content (AvgIpc) is 3.19. The van der Waals surface area contributed by atoms with Crippen molar-refractivity contribution < 1.29 is 9.59 Å². The summed E-state index contributed by atoms with van der Waals surface area (Å²) in [7, 11) is 0. The predicted molar refractivity (Wildman–Crippen MR) is 101 cm³/mol. The first-order valence-corrected chi connectivity index (χ1v) is 9.44. The Morgan fingerprint density at radius 2 is 2.07 bits per heavy atom. The molecule has 1 aliphatic heterocycles. The Kier molecular flexibility index (Phi) is 5.62. The van der Waals surface area contributed by atoms with Crippen LogP contribution in [0.4, 0.5) is 0 Å². The van der Waals surface area contributed by atoms with Crippen LogP contribution in [0.25, 0.3) is 0 Å². The number of hydrogen-bond donors (Lipinski definition) is 1. The number of likely N-dealkylation sites (tertiary alicyclic amines) is 1. The number of amides is 2. The van der Waals surface area contributed by atoms with Crippen molar-refractivity contribution in [1.82, 2.24) is 24.2 Å². The van der Waals surface area contributed by atoms with Crippen molar-refractivity contribution in [3.05, 3.63) is 35.2 Å². The third kappa shape index (κ3) is 4.20. The third-order valence-electron chi connectivity index (χ3n) is 5.49. The van der Waals surface area contributed by atoms with Crippen LogP contribution >= 0.6 is 0 Å². The van der Waals surface area contributed by atoms with Gasteiger partial charge in [0.25, 0.3) is 0 Å². The van der Waals surface area contributed by atoms with E-state index in [-0.39, 0.29) is 18.4 Å². The van der Waals surface area contributed by atoms with E-state index in [0.29, 0.717) is 19.5 Å². The molecular formula is C19H28N6O2. The molecule has 0 bridgehead atoms. The number of hydrogen-bond acceptors (Lipinski definition) is 4. The highest BCUT2D eigenvalue weighted by Gasteiger charge is 2.27. The smallest absolute Gasteiger partial charge is 0.237 e. The fourth-order valence-corrected chi connectivity index (χ4v) is 3.76. The Morgan fingerprint density at radius 1 is 1.30 bits per heavy atom. The highest BCUT2D eigenvalue weighted by atomic mass is 16.2. The molecule has 0 aromatic carbocycles. The number of primary amides is 1. The molecule has 3 heterocycles. The molecule has 1 aliphatic rings. The van der Waals surface area contributed by atoms with Crippen molar-refractivity contribution in [3.8, 4) is 0 Å². The average molecular weight is 372 g/mol. The van der Waals surface area contributed by atoms with Crippen LogP contribution in [-0.4, -0.2) is 49.1 Å². The van der Waals surface area contributed by atoms with Gasteiger partial charge in [-0.15, -0.1) is 0 Å². The first-order chi connectivity index (χ1) is 12.9. The van der Waals surface area contributed by atoms with E-state index in [1.165, 1.54) is 5.56 Å². The van der Waals surface area contributed by atoms with Crippen LogP contribution in [0.2, 0.25) is 0 Å². The van der Waals surface area contributed by atoms with Gasteiger partial charge in [0, 0.05) is 50.1 Å². The second kappa shape index (κ2) is 7.94. The Labute approximate surface area is 159 Å². The van der Waals surface area contributed by atoms with Crippen molar-refractivity contribution in [2.24, 2.45) is 5.73 Å². The molecule has 3 rings (SSSR count). The van der Waals surface area contributed by atoms with E-state index in [1.54, 1.807) is 17.0 Å². The van der Waals surface area contributed by atoms with Gasteiger partial charge in [-0.25, -0.2) is 4.98 Å². The lowest BCUT2D eigenvalue weighted by Gasteiger charge is -2.32. The van der Waals surface area contributed by atoms with E-state index >= 15 is 0 Å². The fraction of sp³-hybridized carbons (Fsp3) is 0.579. The zero-order valence-electron chi connectivity index (χ0n) is 16.3. The molecule has 27 heavy (non-hydrogen) atoms. The van der Waals surface area contributed by atoms with Crippen molar-refractivity contribution >= 4 is 11.8 Å². The molecule has 0 aliphatic carbocycles. The number of carbonyl (C=O) groups excluding carboxylic acids is 2. The molecule has 1 fully saturated rings. The normalized spacial score (nSPS) is 17.3. The Morgan fingerprint density at radius 3 is 2.74 bits per heavy atom. The van der Waals surface area contributed by atoms with Gasteiger partial charge in [-0.05, 0) is 39.2 Å². The van der Waals surface area contributed by atoms with Gasteiger partial charge in [-0.3, -0.25) is 14.3 Å². The summed E-state index contributed by atoms with van der Waals surface area (Å²) in [6, 6.07) is 0. The van der Waals surface area contributed by atoms with Gasteiger partial charge in [0.2, 0.25) is 11.8 Å². The Bertz CT molecular complexity index is 837. The van der Waals surface area contributed by atoms with Crippen molar-refractivity contribution in [3.63, 3.8) is 0 Å². The maximum atomic E-state index is 12.7. The van der Waals surface area contributed by atoms with E-state index in [2.05, 4.69) is 17.0 Å². The highest BCUT2D eigenvalue weighted by Crippen LogP contribution is 2.26. The van der Waals surface area contributed by atoms with E-state index in [0.717, 1.165) is 36.6 Å².